The number of fused-ring (bicyclic) bond motifs is 5. The molecule has 2 saturated carbocycles. The predicted molar refractivity (Wildman–Crippen MR) is 121 cm³/mol. The van der Waals surface area contributed by atoms with E-state index in [4.69, 9.17) is 4.74 Å². The van der Waals surface area contributed by atoms with E-state index in [0.717, 1.165) is 43.2 Å². The molecule has 0 saturated heterocycles. The first-order valence-corrected chi connectivity index (χ1v) is 11.5. The van der Waals surface area contributed by atoms with Gasteiger partial charge < -0.3 is 14.6 Å². The Morgan fingerprint density at radius 1 is 1.15 bits per heavy atom. The number of ketones is 1. The van der Waals surface area contributed by atoms with Gasteiger partial charge in [-0.1, -0.05) is 19.1 Å². The molecule has 0 radical (unpaired) electrons. The zero-order valence-corrected chi connectivity index (χ0v) is 18.8. The number of halogens is 2. The number of hydrogen-bond donors (Lipinski definition) is 1. The zero-order valence-electron chi connectivity index (χ0n) is 18.8. The largest absolute Gasteiger partial charge is 0.508 e. The number of rotatable bonds is 4. The molecule has 5 rings (SSSR count). The standard InChI is InChI=1S/C27H28F2O4/c1-27-10-9-20-19-7-5-18(30)13-16(19)4-6-21(20)22(27)14-17(25(27)31)11-15-3-8-23(33-26(28)29)24(12-15)32-2/h3,5,7-8,11-13,20-22,26,30H,4,6,9-10,14H2,1-2H3/b17-11+/t20-,21+,22+,27+/m0/s1. The van der Waals surface area contributed by atoms with Crippen LogP contribution in [0.1, 0.15) is 55.2 Å². The number of ether oxygens (including phenoxy) is 2. The molecule has 2 aromatic rings. The van der Waals surface area contributed by atoms with Crippen LogP contribution in [0.4, 0.5) is 8.78 Å². The van der Waals surface area contributed by atoms with Gasteiger partial charge in [0.15, 0.2) is 17.3 Å². The quantitative estimate of drug-likeness (QED) is 0.566. The highest BCUT2D eigenvalue weighted by Gasteiger charge is 2.56. The van der Waals surface area contributed by atoms with E-state index in [9.17, 15) is 18.7 Å². The highest BCUT2D eigenvalue weighted by molar-refractivity contribution is 6.06. The van der Waals surface area contributed by atoms with Gasteiger partial charge in [0, 0.05) is 5.41 Å². The minimum absolute atomic E-state index is 0.0252. The Bertz CT molecular complexity index is 1130. The van der Waals surface area contributed by atoms with Crippen LogP contribution in [-0.4, -0.2) is 24.6 Å². The number of alkyl halides is 2. The summed E-state index contributed by atoms with van der Waals surface area (Å²) in [6.45, 7) is -0.816. The summed E-state index contributed by atoms with van der Waals surface area (Å²) >= 11 is 0. The number of aromatic hydroxyl groups is 1. The summed E-state index contributed by atoms with van der Waals surface area (Å²) in [5.41, 5.74) is 3.72. The van der Waals surface area contributed by atoms with Crippen LogP contribution < -0.4 is 9.47 Å². The highest BCUT2D eigenvalue weighted by atomic mass is 19.3. The molecule has 174 valence electrons. The van der Waals surface area contributed by atoms with Crippen LogP contribution in [-0.2, 0) is 11.2 Å². The first kappa shape index (κ1) is 21.9. The number of phenols is 1. The summed E-state index contributed by atoms with van der Waals surface area (Å²) in [5, 5.41) is 9.88. The maximum absolute atomic E-state index is 13.5. The van der Waals surface area contributed by atoms with Crippen LogP contribution in [0.2, 0.25) is 0 Å². The van der Waals surface area contributed by atoms with Crippen molar-refractivity contribution in [2.24, 2.45) is 17.3 Å². The Balaban J connectivity index is 1.44. The Morgan fingerprint density at radius 3 is 2.73 bits per heavy atom. The topological polar surface area (TPSA) is 55.8 Å². The number of methoxy groups -OCH3 is 1. The van der Waals surface area contributed by atoms with Gasteiger partial charge >= 0.3 is 6.61 Å². The van der Waals surface area contributed by atoms with Crippen LogP contribution in [0.25, 0.3) is 6.08 Å². The molecular weight excluding hydrogens is 426 g/mol. The lowest BCUT2D eigenvalue weighted by Crippen LogP contribution is -2.42. The smallest absolute Gasteiger partial charge is 0.387 e. The molecule has 0 heterocycles. The Labute approximate surface area is 192 Å². The van der Waals surface area contributed by atoms with Gasteiger partial charge in [-0.15, -0.1) is 0 Å². The number of hydrogen-bond acceptors (Lipinski definition) is 4. The van der Waals surface area contributed by atoms with Crippen LogP contribution >= 0.6 is 0 Å². The van der Waals surface area contributed by atoms with Crippen molar-refractivity contribution in [2.45, 2.75) is 51.6 Å². The third-order valence-electron chi connectivity index (χ3n) is 8.09. The Hall–Kier alpha value is -2.89. The third-order valence-corrected chi connectivity index (χ3v) is 8.09. The lowest BCUT2D eigenvalue weighted by molar-refractivity contribution is -0.127. The zero-order chi connectivity index (χ0) is 23.3. The van der Waals surface area contributed by atoms with Gasteiger partial charge in [-0.25, -0.2) is 0 Å². The molecule has 0 aliphatic heterocycles. The van der Waals surface area contributed by atoms with E-state index < -0.39 is 6.61 Å². The van der Waals surface area contributed by atoms with Gasteiger partial charge in [0.1, 0.15) is 5.75 Å². The third kappa shape index (κ3) is 3.69. The summed E-state index contributed by atoms with van der Waals surface area (Å²) < 4.78 is 35.0. The summed E-state index contributed by atoms with van der Waals surface area (Å²) in [4.78, 5) is 13.5. The van der Waals surface area contributed by atoms with E-state index in [1.807, 2.05) is 12.1 Å². The van der Waals surface area contributed by atoms with E-state index in [1.165, 1.54) is 24.3 Å². The van der Waals surface area contributed by atoms with Crippen molar-refractivity contribution < 1.29 is 28.2 Å². The lowest BCUT2D eigenvalue weighted by Gasteiger charge is -2.48. The molecule has 0 amide bonds. The van der Waals surface area contributed by atoms with Gasteiger partial charge in [0.05, 0.1) is 7.11 Å². The maximum atomic E-state index is 13.5. The Kier molecular flexibility index (Phi) is 5.42. The number of Topliss-reactive ketones (excluding diaryl/α,β-unsaturated/α-hetero) is 1. The monoisotopic (exact) mass is 454 g/mol. The average Bonchev–Trinajstić information content (AvgIpc) is 3.04. The fraction of sp³-hybridized carbons (Fsp3) is 0.444. The maximum Gasteiger partial charge on any atom is 0.387 e. The molecule has 3 aliphatic carbocycles. The second kappa shape index (κ2) is 8.15. The second-order valence-electron chi connectivity index (χ2n) is 9.75. The van der Waals surface area contributed by atoms with Gasteiger partial charge in [0.25, 0.3) is 0 Å². The first-order valence-electron chi connectivity index (χ1n) is 11.5. The van der Waals surface area contributed by atoms with Crippen molar-refractivity contribution in [3.8, 4) is 17.2 Å². The molecule has 0 unspecified atom stereocenters. The summed E-state index contributed by atoms with van der Waals surface area (Å²) in [6.07, 6.45) is 6.37. The van der Waals surface area contributed by atoms with Crippen molar-refractivity contribution in [3.63, 3.8) is 0 Å². The molecule has 2 fully saturated rings. The molecule has 6 heteroatoms. The van der Waals surface area contributed by atoms with Gasteiger partial charge in [-0.3, -0.25) is 4.79 Å². The molecule has 3 aliphatic rings. The molecular formula is C27H28F2O4. The summed E-state index contributed by atoms with van der Waals surface area (Å²) in [7, 11) is 1.40. The molecule has 33 heavy (non-hydrogen) atoms. The van der Waals surface area contributed by atoms with E-state index in [1.54, 1.807) is 18.2 Å². The highest BCUT2D eigenvalue weighted by Crippen LogP contribution is 2.61. The second-order valence-corrected chi connectivity index (χ2v) is 9.75. The number of aryl methyl sites for hydroxylation is 1. The summed E-state index contributed by atoms with van der Waals surface area (Å²) in [6, 6.07) is 10.5. The number of carbonyl (C=O) groups is 1. The predicted octanol–water partition coefficient (Wildman–Crippen LogP) is 6.12. The molecule has 4 nitrogen and oxygen atoms in total. The fourth-order valence-electron chi connectivity index (χ4n) is 6.54. The molecule has 0 spiro atoms. The molecule has 0 bridgehead atoms. The van der Waals surface area contributed by atoms with E-state index in [0.29, 0.717) is 17.6 Å². The van der Waals surface area contributed by atoms with Crippen LogP contribution in [0.15, 0.2) is 42.0 Å². The lowest BCUT2D eigenvalue weighted by atomic mass is 9.55. The molecule has 4 atom stereocenters. The van der Waals surface area contributed by atoms with Crippen molar-refractivity contribution in [2.75, 3.05) is 7.11 Å². The van der Waals surface area contributed by atoms with Gasteiger partial charge in [-0.05, 0) is 102 Å². The van der Waals surface area contributed by atoms with E-state index in [2.05, 4.69) is 17.7 Å². The first-order chi connectivity index (χ1) is 15.8. The van der Waals surface area contributed by atoms with Crippen LogP contribution in [0.3, 0.4) is 0 Å². The van der Waals surface area contributed by atoms with Crippen molar-refractivity contribution in [3.05, 3.63) is 58.7 Å². The number of phenolic OH excluding ortho intramolecular Hbond substituents is 1. The summed E-state index contributed by atoms with van der Waals surface area (Å²) in [5.74, 6) is 1.84. The SMILES string of the molecule is COc1cc(/C=C2\C[C@@H]3[C@@H]4CCc5cc(O)ccc5[C@@H]4CC[C@@]3(C)C2=O)ccc1OC(F)F. The van der Waals surface area contributed by atoms with Crippen LogP contribution in [0.5, 0.6) is 17.2 Å². The van der Waals surface area contributed by atoms with E-state index >= 15 is 0 Å². The number of benzene rings is 2. The molecule has 0 aromatic heterocycles. The number of carbonyl (C=O) groups excluding carboxylic acids is 1. The van der Waals surface area contributed by atoms with Gasteiger partial charge in [-0.2, -0.15) is 8.78 Å². The van der Waals surface area contributed by atoms with Crippen molar-refractivity contribution >= 4 is 11.9 Å². The Morgan fingerprint density at radius 2 is 1.97 bits per heavy atom. The fourth-order valence-corrected chi connectivity index (χ4v) is 6.54. The van der Waals surface area contributed by atoms with Crippen molar-refractivity contribution in [1.82, 2.24) is 0 Å². The number of allylic oxidation sites excluding steroid dienone is 1. The molecule has 1 N–H and O–H groups in total. The molecule has 2 aromatic carbocycles. The normalized spacial score (nSPS) is 29.5. The minimum atomic E-state index is -2.93. The van der Waals surface area contributed by atoms with E-state index in [-0.39, 0.29) is 28.6 Å². The minimum Gasteiger partial charge on any atom is -0.508 e. The van der Waals surface area contributed by atoms with Crippen LogP contribution in [0, 0.1) is 17.3 Å². The average molecular weight is 455 g/mol. The van der Waals surface area contributed by atoms with Gasteiger partial charge in [0.2, 0.25) is 0 Å². The van der Waals surface area contributed by atoms with Crippen molar-refractivity contribution in [1.29, 1.82) is 0 Å².